The van der Waals surface area contributed by atoms with E-state index in [0.717, 1.165) is 5.56 Å². The van der Waals surface area contributed by atoms with Crippen LogP contribution < -0.4 is 0 Å². The Hall–Kier alpha value is -1.89. The molecular weight excluding hydrogens is 211 g/mol. The van der Waals surface area contributed by atoms with Gasteiger partial charge in [0.25, 0.3) is 0 Å². The number of rotatable bonds is 3. The Morgan fingerprint density at radius 3 is 2.35 bits per heavy atom. The van der Waals surface area contributed by atoms with Crippen molar-refractivity contribution in [3.8, 4) is 11.1 Å². The summed E-state index contributed by atoms with van der Waals surface area (Å²) in [5.41, 5.74) is 4.73. The Bertz CT molecular complexity index is 509. The van der Waals surface area contributed by atoms with Gasteiger partial charge in [-0.25, -0.2) is 4.39 Å². The maximum Gasteiger partial charge on any atom is 0.108 e. The lowest BCUT2D eigenvalue weighted by atomic mass is 9.99. The van der Waals surface area contributed by atoms with Crippen LogP contribution in [0.3, 0.4) is 0 Å². The summed E-state index contributed by atoms with van der Waals surface area (Å²) in [5.74, 6) is 0. The van der Waals surface area contributed by atoms with Crippen molar-refractivity contribution in [1.29, 1.82) is 0 Å². The van der Waals surface area contributed by atoms with Crippen molar-refractivity contribution in [2.75, 3.05) is 6.67 Å². The topological polar surface area (TPSA) is 0 Å². The smallest absolute Gasteiger partial charge is 0.108 e. The van der Waals surface area contributed by atoms with Gasteiger partial charge in [0.1, 0.15) is 6.67 Å². The zero-order chi connectivity index (χ0) is 12.1. The summed E-state index contributed by atoms with van der Waals surface area (Å²) in [6.07, 6.45) is 3.31. The molecule has 0 saturated heterocycles. The van der Waals surface area contributed by atoms with Crippen molar-refractivity contribution in [2.45, 2.75) is 6.92 Å². The van der Waals surface area contributed by atoms with Gasteiger partial charge in [0.2, 0.25) is 0 Å². The van der Waals surface area contributed by atoms with Crippen molar-refractivity contribution in [2.24, 2.45) is 0 Å². The van der Waals surface area contributed by atoms with Gasteiger partial charge in [-0.1, -0.05) is 60.7 Å². The van der Waals surface area contributed by atoms with Gasteiger partial charge >= 0.3 is 0 Å². The Morgan fingerprint density at radius 1 is 1.00 bits per heavy atom. The van der Waals surface area contributed by atoms with Crippen LogP contribution >= 0.6 is 0 Å². The number of hydrogen-bond donors (Lipinski definition) is 0. The maximum absolute atomic E-state index is 12.0. The molecule has 0 heterocycles. The fraction of sp³-hybridized carbons (Fsp3) is 0.125. The summed E-state index contributed by atoms with van der Waals surface area (Å²) in [6, 6.07) is 16.5. The summed E-state index contributed by atoms with van der Waals surface area (Å²) in [4.78, 5) is 0. The number of alkyl halides is 1. The first kappa shape index (κ1) is 11.6. The highest BCUT2D eigenvalue weighted by molar-refractivity contribution is 5.68. The number of allylic oxidation sites excluding steroid dienone is 1. The molecule has 0 atom stereocenters. The van der Waals surface area contributed by atoms with Crippen molar-refractivity contribution in [3.63, 3.8) is 0 Å². The molecule has 0 fully saturated rings. The standard InChI is InChI=1S/C16H15F/c1-13-5-2-3-7-16(13)15-10-8-14(9-11-15)6-4-12-17/h2-11H,12H2,1H3/b6-4+. The molecule has 1 heteroatoms. The highest BCUT2D eigenvalue weighted by atomic mass is 19.1. The number of aryl methyl sites for hydroxylation is 1. The third-order valence-corrected chi connectivity index (χ3v) is 2.77. The number of benzene rings is 2. The van der Waals surface area contributed by atoms with Gasteiger partial charge in [-0.15, -0.1) is 0 Å². The fourth-order valence-electron chi connectivity index (χ4n) is 1.85. The average Bonchev–Trinajstić information content (AvgIpc) is 2.38. The van der Waals surface area contributed by atoms with E-state index in [1.54, 1.807) is 6.08 Å². The highest BCUT2D eigenvalue weighted by Gasteiger charge is 1.99. The molecule has 17 heavy (non-hydrogen) atoms. The van der Waals surface area contributed by atoms with Crippen LogP contribution in [-0.2, 0) is 0 Å². The van der Waals surface area contributed by atoms with Crippen LogP contribution in [-0.4, -0.2) is 6.67 Å². The van der Waals surface area contributed by atoms with Gasteiger partial charge in [-0.3, -0.25) is 0 Å². The number of halogens is 1. The molecular formula is C16H15F. The Morgan fingerprint density at radius 2 is 1.71 bits per heavy atom. The molecule has 2 aromatic carbocycles. The minimum absolute atomic E-state index is 0.417. The lowest BCUT2D eigenvalue weighted by Gasteiger charge is -2.05. The van der Waals surface area contributed by atoms with Gasteiger partial charge in [-0.2, -0.15) is 0 Å². The Kier molecular flexibility index (Phi) is 3.71. The van der Waals surface area contributed by atoms with Crippen molar-refractivity contribution < 1.29 is 4.39 Å². The van der Waals surface area contributed by atoms with Crippen molar-refractivity contribution in [1.82, 2.24) is 0 Å². The predicted octanol–water partition coefficient (Wildman–Crippen LogP) is 4.64. The predicted molar refractivity (Wildman–Crippen MR) is 71.6 cm³/mol. The molecule has 2 rings (SSSR count). The van der Waals surface area contributed by atoms with Gasteiger partial charge in [0.15, 0.2) is 0 Å². The quantitative estimate of drug-likeness (QED) is 0.715. The van der Waals surface area contributed by atoms with Crippen molar-refractivity contribution >= 4 is 6.08 Å². The lowest BCUT2D eigenvalue weighted by molar-refractivity contribution is 0.563. The van der Waals surface area contributed by atoms with Crippen LogP contribution in [0.15, 0.2) is 54.6 Å². The van der Waals surface area contributed by atoms with E-state index in [1.807, 2.05) is 24.3 Å². The van der Waals surface area contributed by atoms with E-state index in [2.05, 4.69) is 31.2 Å². The first-order chi connectivity index (χ1) is 8.31. The van der Waals surface area contributed by atoms with Crippen molar-refractivity contribution in [3.05, 3.63) is 65.7 Å². The van der Waals surface area contributed by atoms with E-state index in [0.29, 0.717) is 0 Å². The average molecular weight is 226 g/mol. The maximum atomic E-state index is 12.0. The molecule has 0 aliphatic heterocycles. The van der Waals surface area contributed by atoms with Gasteiger partial charge in [0, 0.05) is 0 Å². The SMILES string of the molecule is Cc1ccccc1-c1ccc(/C=C/CF)cc1. The summed E-state index contributed by atoms with van der Waals surface area (Å²) in [7, 11) is 0. The first-order valence-corrected chi connectivity index (χ1v) is 5.70. The summed E-state index contributed by atoms with van der Waals surface area (Å²) in [5, 5.41) is 0. The second-order valence-corrected chi connectivity index (χ2v) is 3.99. The molecule has 0 aromatic heterocycles. The van der Waals surface area contributed by atoms with E-state index in [-0.39, 0.29) is 0 Å². The van der Waals surface area contributed by atoms with E-state index in [9.17, 15) is 4.39 Å². The lowest BCUT2D eigenvalue weighted by Crippen LogP contribution is -1.82. The van der Waals surface area contributed by atoms with Crippen LogP contribution in [0.4, 0.5) is 4.39 Å². The molecule has 0 saturated carbocycles. The monoisotopic (exact) mass is 226 g/mol. The normalized spacial score (nSPS) is 10.9. The minimum Gasteiger partial charge on any atom is -0.247 e. The molecule has 0 aliphatic carbocycles. The van der Waals surface area contributed by atoms with Crippen LogP contribution in [0.2, 0.25) is 0 Å². The third-order valence-electron chi connectivity index (χ3n) is 2.77. The van der Waals surface area contributed by atoms with Crippen LogP contribution in [0, 0.1) is 6.92 Å². The second kappa shape index (κ2) is 5.44. The summed E-state index contributed by atoms with van der Waals surface area (Å²) in [6.45, 7) is 1.69. The van der Waals surface area contributed by atoms with Gasteiger partial charge in [0.05, 0.1) is 0 Å². The molecule has 0 N–H and O–H groups in total. The highest BCUT2D eigenvalue weighted by Crippen LogP contribution is 2.23. The zero-order valence-corrected chi connectivity index (χ0v) is 9.86. The largest absolute Gasteiger partial charge is 0.247 e. The molecule has 0 aliphatic rings. The van der Waals surface area contributed by atoms with Crippen LogP contribution in [0.5, 0.6) is 0 Å². The van der Waals surface area contributed by atoms with E-state index in [4.69, 9.17) is 0 Å². The number of hydrogen-bond acceptors (Lipinski definition) is 0. The first-order valence-electron chi connectivity index (χ1n) is 5.70. The Balaban J connectivity index is 2.30. The van der Waals surface area contributed by atoms with Crippen LogP contribution in [0.25, 0.3) is 17.2 Å². The summed E-state index contributed by atoms with van der Waals surface area (Å²) >= 11 is 0. The molecule has 86 valence electrons. The third kappa shape index (κ3) is 2.82. The molecule has 0 radical (unpaired) electrons. The Labute approximate surface area is 101 Å². The molecule has 0 amide bonds. The van der Waals surface area contributed by atoms with E-state index in [1.165, 1.54) is 22.8 Å². The van der Waals surface area contributed by atoms with E-state index < -0.39 is 6.67 Å². The minimum atomic E-state index is -0.417. The second-order valence-electron chi connectivity index (χ2n) is 3.99. The van der Waals surface area contributed by atoms with Crippen LogP contribution in [0.1, 0.15) is 11.1 Å². The zero-order valence-electron chi connectivity index (χ0n) is 9.86. The molecule has 2 aromatic rings. The van der Waals surface area contributed by atoms with Gasteiger partial charge in [-0.05, 0) is 29.2 Å². The summed E-state index contributed by atoms with van der Waals surface area (Å²) < 4.78 is 12.0. The molecule has 0 unspecified atom stereocenters. The molecule has 0 bridgehead atoms. The molecule has 0 spiro atoms. The van der Waals surface area contributed by atoms with Gasteiger partial charge < -0.3 is 0 Å². The molecule has 0 nitrogen and oxygen atoms in total. The fourth-order valence-corrected chi connectivity index (χ4v) is 1.85. The van der Waals surface area contributed by atoms with E-state index >= 15 is 0 Å².